The molecule has 3 N–H and O–H groups in total. The van der Waals surface area contributed by atoms with Crippen molar-refractivity contribution in [2.45, 2.75) is 44.8 Å². The SMILES string of the molecule is C=N/C=C(\c1c(C)nc(-c2ccnc3[nH]c(C(F)(F)F)cc23)nc1NC1CCNCC1)C1CC1. The molecule has 34 heavy (non-hydrogen) atoms. The summed E-state index contributed by atoms with van der Waals surface area (Å²) in [5, 5.41) is 7.30. The molecule has 5 rings (SSSR count). The van der Waals surface area contributed by atoms with Crippen LogP contribution >= 0.6 is 0 Å². The zero-order valence-electron chi connectivity index (χ0n) is 18.8. The predicted molar refractivity (Wildman–Crippen MR) is 127 cm³/mol. The number of rotatable bonds is 6. The number of pyridine rings is 1. The van der Waals surface area contributed by atoms with Crippen LogP contribution in [-0.4, -0.2) is 45.8 Å². The van der Waals surface area contributed by atoms with E-state index in [0.717, 1.165) is 61.7 Å². The first kappa shape index (κ1) is 22.5. The maximum Gasteiger partial charge on any atom is 0.431 e. The van der Waals surface area contributed by atoms with Crippen LogP contribution in [0.5, 0.6) is 0 Å². The van der Waals surface area contributed by atoms with E-state index in [1.807, 2.05) is 6.92 Å². The van der Waals surface area contributed by atoms with Gasteiger partial charge in [-0.25, -0.2) is 15.0 Å². The Labute approximate surface area is 195 Å². The molecule has 0 atom stereocenters. The maximum absolute atomic E-state index is 13.3. The second-order valence-electron chi connectivity index (χ2n) is 8.87. The van der Waals surface area contributed by atoms with Crippen molar-refractivity contribution in [1.82, 2.24) is 25.3 Å². The molecule has 0 amide bonds. The number of nitrogens with zero attached hydrogens (tertiary/aromatic N) is 4. The number of allylic oxidation sites excluding steroid dienone is 1. The lowest BCUT2D eigenvalue weighted by atomic mass is 9.99. The molecule has 3 aromatic heterocycles. The average Bonchev–Trinajstić information content (AvgIpc) is 3.54. The fraction of sp³-hybridized carbons (Fsp3) is 0.417. The molecule has 4 heterocycles. The van der Waals surface area contributed by atoms with Crippen molar-refractivity contribution in [2.75, 3.05) is 18.4 Å². The summed E-state index contributed by atoms with van der Waals surface area (Å²) in [5.74, 6) is 1.44. The Morgan fingerprint density at radius 1 is 1.21 bits per heavy atom. The lowest BCUT2D eigenvalue weighted by Crippen LogP contribution is -2.35. The summed E-state index contributed by atoms with van der Waals surface area (Å²) >= 11 is 0. The van der Waals surface area contributed by atoms with Crippen molar-refractivity contribution in [2.24, 2.45) is 10.9 Å². The van der Waals surface area contributed by atoms with Crippen molar-refractivity contribution in [3.05, 3.63) is 41.5 Å². The summed E-state index contributed by atoms with van der Waals surface area (Å²) in [5.41, 5.74) is 2.51. The Balaban J connectivity index is 1.65. The Hall–Kier alpha value is -3.27. The largest absolute Gasteiger partial charge is 0.431 e. The van der Waals surface area contributed by atoms with Crippen LogP contribution in [0.25, 0.3) is 28.0 Å². The molecule has 0 unspecified atom stereocenters. The van der Waals surface area contributed by atoms with E-state index in [-0.39, 0.29) is 11.7 Å². The molecule has 1 saturated carbocycles. The highest BCUT2D eigenvalue weighted by molar-refractivity contribution is 5.92. The number of nitrogens with one attached hydrogen (secondary N) is 3. The normalized spacial score (nSPS) is 17.8. The molecule has 178 valence electrons. The van der Waals surface area contributed by atoms with Gasteiger partial charge in [-0.05, 0) is 76.0 Å². The van der Waals surface area contributed by atoms with Gasteiger partial charge in [-0.1, -0.05) is 0 Å². The Kier molecular flexibility index (Phi) is 5.85. The molecule has 0 radical (unpaired) electrons. The van der Waals surface area contributed by atoms with Crippen LogP contribution in [0.1, 0.15) is 42.6 Å². The first-order valence-electron chi connectivity index (χ1n) is 11.4. The first-order valence-corrected chi connectivity index (χ1v) is 11.4. The van der Waals surface area contributed by atoms with E-state index in [2.05, 4.69) is 32.3 Å². The molecule has 1 saturated heterocycles. The number of anilines is 1. The molecule has 1 aliphatic heterocycles. The van der Waals surface area contributed by atoms with Crippen molar-refractivity contribution < 1.29 is 13.2 Å². The number of piperidine rings is 1. The second kappa shape index (κ2) is 8.83. The van der Waals surface area contributed by atoms with Gasteiger partial charge < -0.3 is 15.6 Å². The molecule has 0 aromatic carbocycles. The van der Waals surface area contributed by atoms with Gasteiger partial charge >= 0.3 is 6.18 Å². The van der Waals surface area contributed by atoms with Crippen molar-refractivity contribution >= 4 is 29.1 Å². The number of hydrogen-bond donors (Lipinski definition) is 3. The van der Waals surface area contributed by atoms with Gasteiger partial charge in [0.1, 0.15) is 17.2 Å². The lowest BCUT2D eigenvalue weighted by molar-refractivity contribution is -0.140. The van der Waals surface area contributed by atoms with Crippen LogP contribution in [0, 0.1) is 12.8 Å². The van der Waals surface area contributed by atoms with Crippen LogP contribution in [-0.2, 0) is 6.18 Å². The van der Waals surface area contributed by atoms with Gasteiger partial charge in [0, 0.05) is 35.0 Å². The topological polar surface area (TPSA) is 90.9 Å². The average molecular weight is 470 g/mol. The minimum atomic E-state index is -4.50. The van der Waals surface area contributed by atoms with Crippen molar-refractivity contribution in [3.8, 4) is 11.4 Å². The van der Waals surface area contributed by atoms with Crippen LogP contribution in [0.4, 0.5) is 19.0 Å². The summed E-state index contributed by atoms with van der Waals surface area (Å²) < 4.78 is 40.0. The molecule has 1 aliphatic carbocycles. The van der Waals surface area contributed by atoms with Gasteiger partial charge in [0.2, 0.25) is 0 Å². The molecular weight excluding hydrogens is 443 g/mol. The van der Waals surface area contributed by atoms with Crippen LogP contribution in [0.15, 0.2) is 29.5 Å². The number of hydrogen-bond acceptors (Lipinski definition) is 6. The van der Waals surface area contributed by atoms with E-state index in [4.69, 9.17) is 9.97 Å². The molecule has 2 aliphatic rings. The summed E-state index contributed by atoms with van der Waals surface area (Å²) in [4.78, 5) is 20.1. The van der Waals surface area contributed by atoms with Gasteiger partial charge in [0.05, 0.1) is 5.69 Å². The van der Waals surface area contributed by atoms with E-state index in [1.165, 1.54) is 6.20 Å². The van der Waals surface area contributed by atoms with Gasteiger partial charge in [0.15, 0.2) is 5.82 Å². The summed E-state index contributed by atoms with van der Waals surface area (Å²) in [6.07, 6.45) is 2.80. The zero-order valence-corrected chi connectivity index (χ0v) is 18.8. The van der Waals surface area contributed by atoms with Gasteiger partial charge in [-0.3, -0.25) is 4.99 Å². The second-order valence-corrected chi connectivity index (χ2v) is 8.87. The minimum absolute atomic E-state index is 0.150. The smallest absolute Gasteiger partial charge is 0.367 e. The van der Waals surface area contributed by atoms with Crippen LogP contribution < -0.4 is 10.6 Å². The van der Waals surface area contributed by atoms with Gasteiger partial charge in [0.25, 0.3) is 0 Å². The van der Waals surface area contributed by atoms with E-state index in [9.17, 15) is 13.2 Å². The van der Waals surface area contributed by atoms with E-state index in [0.29, 0.717) is 28.5 Å². The number of aliphatic imine (C=N–C) groups is 1. The first-order chi connectivity index (χ1) is 16.3. The third kappa shape index (κ3) is 4.42. The molecule has 7 nitrogen and oxygen atoms in total. The molecule has 3 aromatic rings. The number of alkyl halides is 3. The molecular formula is C24H26F3N7. The fourth-order valence-corrected chi connectivity index (χ4v) is 4.54. The Morgan fingerprint density at radius 3 is 2.65 bits per heavy atom. The van der Waals surface area contributed by atoms with Crippen LogP contribution in [0.3, 0.4) is 0 Å². The zero-order chi connectivity index (χ0) is 23.9. The maximum atomic E-state index is 13.3. The van der Waals surface area contributed by atoms with E-state index < -0.39 is 11.9 Å². The number of halogens is 3. The Bertz CT molecular complexity index is 1250. The number of H-pyrrole nitrogens is 1. The molecule has 0 spiro atoms. The van der Waals surface area contributed by atoms with Gasteiger partial charge in [-0.15, -0.1) is 0 Å². The molecule has 0 bridgehead atoms. The van der Waals surface area contributed by atoms with Crippen LogP contribution in [0.2, 0.25) is 0 Å². The van der Waals surface area contributed by atoms with E-state index >= 15 is 0 Å². The minimum Gasteiger partial charge on any atom is -0.367 e. The monoisotopic (exact) mass is 469 g/mol. The molecule has 2 fully saturated rings. The quantitative estimate of drug-likeness (QED) is 0.444. The van der Waals surface area contributed by atoms with Crippen molar-refractivity contribution in [1.29, 1.82) is 0 Å². The number of aryl methyl sites for hydroxylation is 1. The fourth-order valence-electron chi connectivity index (χ4n) is 4.54. The summed E-state index contributed by atoms with van der Waals surface area (Å²) in [6, 6.07) is 2.96. The number of fused-ring (bicyclic) bond motifs is 1. The number of aromatic amines is 1. The van der Waals surface area contributed by atoms with Gasteiger partial charge in [-0.2, -0.15) is 13.2 Å². The third-order valence-electron chi connectivity index (χ3n) is 6.38. The highest BCUT2D eigenvalue weighted by Crippen LogP contribution is 2.45. The van der Waals surface area contributed by atoms with E-state index in [1.54, 1.807) is 12.3 Å². The Morgan fingerprint density at radius 2 is 1.97 bits per heavy atom. The summed E-state index contributed by atoms with van der Waals surface area (Å²) in [6.45, 7) is 7.37. The third-order valence-corrected chi connectivity index (χ3v) is 6.38. The highest BCUT2D eigenvalue weighted by atomic mass is 19.4. The standard InChI is InChI=1S/C24H26F3N7/c1-13-20(18(12-28-2)14-3-4-14)23(32-15-5-8-29-9-6-15)34-22(31-13)16-7-10-30-21-17(16)11-19(33-21)24(25,26)27/h7,10-12,14-15,29H,2-6,8-9H2,1H3,(H,30,33)(H,31,32,34)/b18-12-. The molecule has 10 heteroatoms. The lowest BCUT2D eigenvalue weighted by Gasteiger charge is -2.26. The number of aromatic nitrogens is 4. The predicted octanol–water partition coefficient (Wildman–Crippen LogP) is 4.96. The highest BCUT2D eigenvalue weighted by Gasteiger charge is 2.34. The summed E-state index contributed by atoms with van der Waals surface area (Å²) in [7, 11) is 0. The van der Waals surface area contributed by atoms with Crippen molar-refractivity contribution in [3.63, 3.8) is 0 Å².